The minimum Gasteiger partial charge on any atom is -0.545 e. The van der Waals surface area contributed by atoms with E-state index in [0.717, 1.165) is 109 Å². The topological polar surface area (TPSA) is 111 Å². The maximum absolute atomic E-state index is 12.9. The van der Waals surface area contributed by atoms with Crippen molar-refractivity contribution in [3.05, 3.63) is 134 Å². The molecular weight excluding hydrogens is 1080 g/mol. The Balaban J connectivity index is 4.17. The molecule has 0 aliphatic heterocycles. The second-order valence-corrected chi connectivity index (χ2v) is 24.4. The molecule has 2 atom stereocenters. The lowest BCUT2D eigenvalue weighted by atomic mass is 10.0. The van der Waals surface area contributed by atoms with Crippen LogP contribution in [0.1, 0.15) is 284 Å². The average molecular weight is 1210 g/mol. The summed E-state index contributed by atoms with van der Waals surface area (Å²) in [5.41, 5.74) is 0. The molecule has 496 valence electrons. The number of carboxylic acids is 1. The number of rotatable bonds is 64. The van der Waals surface area contributed by atoms with E-state index in [1.54, 1.807) is 0 Å². The van der Waals surface area contributed by atoms with Gasteiger partial charge in [0.2, 0.25) is 0 Å². The van der Waals surface area contributed by atoms with Crippen molar-refractivity contribution in [1.82, 2.24) is 0 Å². The van der Waals surface area contributed by atoms with Crippen LogP contribution >= 0.6 is 0 Å². The van der Waals surface area contributed by atoms with E-state index in [1.807, 2.05) is 21.1 Å². The number of esters is 2. The quantitative estimate of drug-likeness (QED) is 0.0195. The summed E-state index contributed by atoms with van der Waals surface area (Å²) in [5.74, 6) is -2.29. The van der Waals surface area contributed by atoms with Gasteiger partial charge in [-0.1, -0.05) is 289 Å². The maximum atomic E-state index is 12.9. The summed E-state index contributed by atoms with van der Waals surface area (Å²) >= 11 is 0. The Kier molecular flexibility index (Phi) is 63.8. The third kappa shape index (κ3) is 68.8. The fourth-order valence-electron chi connectivity index (χ4n) is 9.50. The van der Waals surface area contributed by atoms with Crippen molar-refractivity contribution in [3.8, 4) is 0 Å². The third-order valence-electron chi connectivity index (χ3n) is 14.9. The standard InChI is InChI=1S/C78H131NO8/c1-6-8-10-12-14-16-18-20-22-24-26-28-30-32-33-34-35-36-37-38-39-40-41-42-43-45-47-49-51-53-55-57-59-61-63-65-67-69-76(81)87-74(73-86-78(77(82)83)84-71-70-79(3,4)5)72-85-75(80)68-66-64-62-60-58-56-54-52-50-48-46-44-31-29-27-25-23-21-19-17-15-13-11-9-7-2/h8,10,14,16,19-22,25-28,32-33,35-36,38-39,41-42,45,47,74,78H,6-7,9,11-13,15,17-18,23-24,29-31,34,37,40,43-44,46,48-73H2,1-5H3/b10-8-,16-14-,21-19-,22-20-,27-25-,28-26-,33-32-,36-35-,39-38-,42-41-,47-45-. The minimum atomic E-state index is -1.63. The monoisotopic (exact) mass is 1210 g/mol. The molecule has 0 aromatic rings. The summed E-state index contributed by atoms with van der Waals surface area (Å²) < 4.78 is 22.8. The highest BCUT2D eigenvalue weighted by atomic mass is 16.7. The summed E-state index contributed by atoms with van der Waals surface area (Å²) in [5, 5.41) is 11.8. The number of carbonyl (C=O) groups excluding carboxylic acids is 3. The molecule has 0 rings (SSSR count). The molecule has 0 N–H and O–H groups in total. The molecule has 0 saturated heterocycles. The molecule has 0 fully saturated rings. The molecule has 87 heavy (non-hydrogen) atoms. The van der Waals surface area contributed by atoms with E-state index < -0.39 is 24.3 Å². The van der Waals surface area contributed by atoms with E-state index in [-0.39, 0.29) is 38.6 Å². The Bertz CT molecular complexity index is 1890. The lowest BCUT2D eigenvalue weighted by Gasteiger charge is -2.26. The first-order chi connectivity index (χ1) is 42.6. The Morgan fingerprint density at radius 1 is 0.356 bits per heavy atom. The highest BCUT2D eigenvalue weighted by Crippen LogP contribution is 2.16. The van der Waals surface area contributed by atoms with Crippen molar-refractivity contribution < 1.29 is 42.9 Å². The SMILES string of the molecule is CC/C=C\C/C=C\C/C=C\C/C=C\C/C=C\C/C=C\C/C=C\C/C=C\C/C=C\CCCCCCCCCCCC(=O)OC(COC(=O)CCCCCCCCCCCCCCC/C=C\C/C=C\CCCCCCC)COC(OCC[N+](C)(C)C)C(=O)[O-]. The Hall–Kier alpha value is -4.57. The second-order valence-electron chi connectivity index (χ2n) is 24.4. The molecular formula is C78H131NO8. The van der Waals surface area contributed by atoms with Crippen molar-refractivity contribution >= 4 is 17.9 Å². The molecule has 0 bridgehead atoms. The van der Waals surface area contributed by atoms with Gasteiger partial charge in [0.15, 0.2) is 12.4 Å². The average Bonchev–Trinajstić information content (AvgIpc) is 3.57. The van der Waals surface area contributed by atoms with Crippen LogP contribution in [0.3, 0.4) is 0 Å². The fraction of sp³-hybridized carbons (Fsp3) is 0.679. The number of hydrogen-bond acceptors (Lipinski definition) is 8. The van der Waals surface area contributed by atoms with Crippen molar-refractivity contribution in [2.24, 2.45) is 0 Å². The van der Waals surface area contributed by atoms with Crippen molar-refractivity contribution in [1.29, 1.82) is 0 Å². The molecule has 0 aromatic heterocycles. The Morgan fingerprint density at radius 2 is 0.655 bits per heavy atom. The van der Waals surface area contributed by atoms with Gasteiger partial charge in [0, 0.05) is 12.8 Å². The van der Waals surface area contributed by atoms with Crippen LogP contribution in [0.2, 0.25) is 0 Å². The number of quaternary nitrogens is 1. The first-order valence-corrected chi connectivity index (χ1v) is 35.3. The maximum Gasteiger partial charge on any atom is 0.306 e. The lowest BCUT2D eigenvalue weighted by molar-refractivity contribution is -0.870. The molecule has 0 aliphatic carbocycles. The molecule has 9 heteroatoms. The van der Waals surface area contributed by atoms with Crippen molar-refractivity contribution in [2.45, 2.75) is 296 Å². The number of nitrogens with zero attached hydrogens (tertiary/aromatic N) is 1. The molecule has 0 heterocycles. The zero-order valence-corrected chi connectivity index (χ0v) is 56.6. The zero-order valence-electron chi connectivity index (χ0n) is 56.6. The summed E-state index contributed by atoms with van der Waals surface area (Å²) in [6.45, 7) is 4.63. The Labute approximate surface area is 535 Å². The van der Waals surface area contributed by atoms with E-state index in [0.29, 0.717) is 17.4 Å². The van der Waals surface area contributed by atoms with Gasteiger partial charge in [0.25, 0.3) is 0 Å². The van der Waals surface area contributed by atoms with Crippen LogP contribution in [0.15, 0.2) is 134 Å². The van der Waals surface area contributed by atoms with Crippen LogP contribution in [-0.4, -0.2) is 82.3 Å². The van der Waals surface area contributed by atoms with E-state index in [2.05, 4.69) is 148 Å². The molecule has 0 radical (unpaired) electrons. The minimum absolute atomic E-state index is 0.141. The molecule has 0 saturated carbocycles. The van der Waals surface area contributed by atoms with Crippen LogP contribution in [0.4, 0.5) is 0 Å². The molecule has 2 unspecified atom stereocenters. The molecule has 0 spiro atoms. The largest absolute Gasteiger partial charge is 0.545 e. The predicted octanol–water partition coefficient (Wildman–Crippen LogP) is 20.8. The van der Waals surface area contributed by atoms with Gasteiger partial charge in [-0.15, -0.1) is 0 Å². The summed E-state index contributed by atoms with van der Waals surface area (Å²) in [7, 11) is 5.92. The molecule has 0 aliphatic rings. The van der Waals surface area contributed by atoms with Crippen LogP contribution in [0.5, 0.6) is 0 Å². The van der Waals surface area contributed by atoms with Crippen molar-refractivity contribution in [2.75, 3.05) is 47.5 Å². The number of ether oxygens (including phenoxy) is 4. The number of carboxylic acid groups (broad SMARTS) is 1. The lowest BCUT2D eigenvalue weighted by Crippen LogP contribution is -2.44. The van der Waals surface area contributed by atoms with Crippen LogP contribution < -0.4 is 5.11 Å². The summed E-state index contributed by atoms with van der Waals surface area (Å²) in [6.07, 6.45) is 93.8. The van der Waals surface area contributed by atoms with E-state index >= 15 is 0 Å². The van der Waals surface area contributed by atoms with Crippen LogP contribution in [-0.2, 0) is 33.3 Å². The normalized spacial score (nSPS) is 13.5. The first-order valence-electron chi connectivity index (χ1n) is 35.3. The fourth-order valence-corrected chi connectivity index (χ4v) is 9.50. The highest BCUT2D eigenvalue weighted by molar-refractivity contribution is 5.70. The summed E-state index contributed by atoms with van der Waals surface area (Å²) in [6, 6.07) is 0. The Morgan fingerprint density at radius 3 is 0.977 bits per heavy atom. The van der Waals surface area contributed by atoms with Gasteiger partial charge in [-0.2, -0.15) is 0 Å². The highest BCUT2D eigenvalue weighted by Gasteiger charge is 2.22. The number of aliphatic carboxylic acids is 1. The number of carbonyl (C=O) groups is 3. The number of allylic oxidation sites excluding steroid dienone is 22. The predicted molar refractivity (Wildman–Crippen MR) is 370 cm³/mol. The summed E-state index contributed by atoms with van der Waals surface area (Å²) in [4.78, 5) is 37.5. The zero-order chi connectivity index (χ0) is 63.3. The van der Waals surface area contributed by atoms with Gasteiger partial charge in [0.05, 0.1) is 40.3 Å². The molecule has 0 amide bonds. The molecule has 9 nitrogen and oxygen atoms in total. The number of unbranched alkanes of at least 4 members (excludes halogenated alkanes) is 27. The van der Waals surface area contributed by atoms with E-state index in [9.17, 15) is 19.5 Å². The van der Waals surface area contributed by atoms with Crippen LogP contribution in [0, 0.1) is 0 Å². The number of hydrogen-bond donors (Lipinski definition) is 0. The van der Waals surface area contributed by atoms with Gasteiger partial charge in [-0.25, -0.2) is 0 Å². The van der Waals surface area contributed by atoms with Gasteiger partial charge < -0.3 is 33.3 Å². The van der Waals surface area contributed by atoms with Gasteiger partial charge >= 0.3 is 11.9 Å². The molecule has 0 aromatic carbocycles. The van der Waals surface area contributed by atoms with Crippen LogP contribution in [0.25, 0.3) is 0 Å². The third-order valence-corrected chi connectivity index (χ3v) is 14.9. The second kappa shape index (κ2) is 67.4. The van der Waals surface area contributed by atoms with Gasteiger partial charge in [-0.3, -0.25) is 9.59 Å². The van der Waals surface area contributed by atoms with Gasteiger partial charge in [0.1, 0.15) is 13.2 Å². The first kappa shape index (κ1) is 82.4. The number of likely N-dealkylation sites (N-methyl/N-ethyl adjacent to an activating group) is 1. The van der Waals surface area contributed by atoms with Crippen molar-refractivity contribution in [3.63, 3.8) is 0 Å². The van der Waals surface area contributed by atoms with Gasteiger partial charge in [-0.05, 0) is 116 Å². The smallest absolute Gasteiger partial charge is 0.306 e. The van der Waals surface area contributed by atoms with E-state index in [4.69, 9.17) is 18.9 Å². The van der Waals surface area contributed by atoms with E-state index in [1.165, 1.54) is 141 Å².